The smallest absolute Gasteiger partial charge is 0.312 e. The van der Waals surface area contributed by atoms with Gasteiger partial charge in [-0.3, -0.25) is 9.59 Å². The van der Waals surface area contributed by atoms with E-state index in [2.05, 4.69) is 19.2 Å². The second-order valence-electron chi connectivity index (χ2n) is 8.57. The van der Waals surface area contributed by atoms with Gasteiger partial charge in [0.05, 0.1) is 11.0 Å². The summed E-state index contributed by atoms with van der Waals surface area (Å²) in [6.45, 7) is 4.61. The van der Waals surface area contributed by atoms with E-state index in [1.807, 2.05) is 0 Å². The molecule has 2 N–H and O–H groups in total. The molecular formula is C18H29NO4. The Balaban J connectivity index is 1.51. The van der Waals surface area contributed by atoms with E-state index < -0.39 is 11.0 Å². The number of aliphatic hydroxyl groups is 1. The highest BCUT2D eigenvalue weighted by atomic mass is 16.5. The number of hydrogen-bond donors (Lipinski definition) is 2. The van der Waals surface area contributed by atoms with Crippen molar-refractivity contribution in [3.8, 4) is 0 Å². The maximum absolute atomic E-state index is 12.6. The van der Waals surface area contributed by atoms with Crippen molar-refractivity contribution in [3.63, 3.8) is 0 Å². The molecular weight excluding hydrogens is 294 g/mol. The zero-order chi connectivity index (χ0) is 16.7. The number of amides is 1. The zero-order valence-corrected chi connectivity index (χ0v) is 14.3. The molecule has 4 saturated carbocycles. The highest BCUT2D eigenvalue weighted by Crippen LogP contribution is 2.61. The lowest BCUT2D eigenvalue weighted by Gasteiger charge is -2.58. The summed E-state index contributed by atoms with van der Waals surface area (Å²) in [5.74, 6) is 0.902. The molecule has 0 aromatic rings. The van der Waals surface area contributed by atoms with E-state index in [0.717, 1.165) is 38.5 Å². The van der Waals surface area contributed by atoms with E-state index in [9.17, 15) is 14.7 Å². The molecule has 4 rings (SSSR count). The Morgan fingerprint density at radius 3 is 2.43 bits per heavy atom. The van der Waals surface area contributed by atoms with Gasteiger partial charge in [-0.15, -0.1) is 0 Å². The van der Waals surface area contributed by atoms with Crippen molar-refractivity contribution >= 4 is 11.9 Å². The number of nitrogens with one attached hydrogen (secondary N) is 1. The normalized spacial score (nSPS) is 37.9. The summed E-state index contributed by atoms with van der Waals surface area (Å²) < 4.78 is 5.33. The average Bonchev–Trinajstić information content (AvgIpc) is 2.41. The quantitative estimate of drug-likeness (QED) is 0.733. The van der Waals surface area contributed by atoms with Gasteiger partial charge >= 0.3 is 5.97 Å². The summed E-state index contributed by atoms with van der Waals surface area (Å²) in [6.07, 6.45) is 5.86. The first-order valence-electron chi connectivity index (χ1n) is 8.97. The minimum Gasteiger partial charge on any atom is -0.455 e. The van der Waals surface area contributed by atoms with Crippen LogP contribution in [0.1, 0.15) is 58.8 Å². The van der Waals surface area contributed by atoms with E-state index in [1.165, 1.54) is 0 Å². The molecule has 4 atom stereocenters. The minimum absolute atomic E-state index is 0.202. The van der Waals surface area contributed by atoms with E-state index in [4.69, 9.17) is 4.74 Å². The van der Waals surface area contributed by atoms with Crippen LogP contribution in [0.15, 0.2) is 0 Å². The van der Waals surface area contributed by atoms with Crippen molar-refractivity contribution in [2.45, 2.75) is 64.4 Å². The molecule has 4 aliphatic carbocycles. The second kappa shape index (κ2) is 6.08. The van der Waals surface area contributed by atoms with Gasteiger partial charge in [0.1, 0.15) is 0 Å². The lowest BCUT2D eigenvalue weighted by molar-refractivity contribution is -0.196. The highest BCUT2D eigenvalue weighted by Gasteiger charge is 2.60. The minimum atomic E-state index is -0.678. The lowest BCUT2D eigenvalue weighted by Crippen LogP contribution is -2.58. The highest BCUT2D eigenvalue weighted by molar-refractivity contribution is 5.83. The Morgan fingerprint density at radius 1 is 1.22 bits per heavy atom. The summed E-state index contributed by atoms with van der Waals surface area (Å²) in [6, 6.07) is 0. The van der Waals surface area contributed by atoms with E-state index in [0.29, 0.717) is 30.7 Å². The van der Waals surface area contributed by atoms with Gasteiger partial charge in [-0.2, -0.15) is 0 Å². The van der Waals surface area contributed by atoms with Crippen LogP contribution in [0, 0.1) is 23.2 Å². The van der Waals surface area contributed by atoms with Crippen molar-refractivity contribution in [1.29, 1.82) is 0 Å². The van der Waals surface area contributed by atoms with Crippen molar-refractivity contribution in [2.75, 3.05) is 13.2 Å². The van der Waals surface area contributed by atoms with Gasteiger partial charge in [0.2, 0.25) is 0 Å². The fraction of sp³-hybridized carbons (Fsp3) is 0.889. The predicted molar refractivity (Wildman–Crippen MR) is 85.5 cm³/mol. The van der Waals surface area contributed by atoms with Gasteiger partial charge in [0.15, 0.2) is 6.61 Å². The molecule has 4 aliphatic rings. The van der Waals surface area contributed by atoms with Gasteiger partial charge in [0.25, 0.3) is 5.91 Å². The van der Waals surface area contributed by atoms with Gasteiger partial charge in [-0.1, -0.05) is 13.8 Å². The number of esters is 1. The third kappa shape index (κ3) is 3.54. The van der Waals surface area contributed by atoms with Crippen LogP contribution in [0.2, 0.25) is 0 Å². The van der Waals surface area contributed by atoms with Gasteiger partial charge in [-0.05, 0) is 62.7 Å². The van der Waals surface area contributed by atoms with Crippen LogP contribution in [0.3, 0.4) is 0 Å². The Kier molecular flexibility index (Phi) is 4.43. The van der Waals surface area contributed by atoms with Gasteiger partial charge < -0.3 is 15.2 Å². The molecule has 0 saturated heterocycles. The summed E-state index contributed by atoms with van der Waals surface area (Å²) >= 11 is 0. The van der Waals surface area contributed by atoms with Crippen molar-refractivity contribution < 1.29 is 19.4 Å². The summed E-state index contributed by atoms with van der Waals surface area (Å²) in [5.41, 5.74) is -1.22. The molecule has 0 aromatic carbocycles. The van der Waals surface area contributed by atoms with E-state index in [-0.39, 0.29) is 18.5 Å². The predicted octanol–water partition coefficient (Wildman–Crippen LogP) is 2.02. The number of ether oxygens (including phenoxy) is 1. The number of rotatable bonds is 6. The Labute approximate surface area is 138 Å². The van der Waals surface area contributed by atoms with Gasteiger partial charge in [-0.25, -0.2) is 0 Å². The first-order chi connectivity index (χ1) is 10.8. The van der Waals surface area contributed by atoms with Crippen molar-refractivity contribution in [1.82, 2.24) is 5.32 Å². The number of carbonyl (C=O) groups excluding carboxylic acids is 2. The molecule has 0 radical (unpaired) electrons. The van der Waals surface area contributed by atoms with Crippen LogP contribution < -0.4 is 5.32 Å². The van der Waals surface area contributed by atoms with Gasteiger partial charge in [0, 0.05) is 6.54 Å². The molecule has 0 aromatic heterocycles. The average molecular weight is 323 g/mol. The third-order valence-electron chi connectivity index (χ3n) is 5.84. The molecule has 0 spiro atoms. The number of carbonyl (C=O) groups is 2. The standard InChI is InChI=1S/C18H29NO4/c1-12(2)3-4-19-15(20)10-23-16(21)17-6-13-5-14(7-17)9-18(22,8-13)11-17/h12-14,22H,3-11H2,1-2H3,(H,19,20)/t13-,14+,17?,18?. The fourth-order valence-corrected chi connectivity index (χ4v) is 5.29. The Morgan fingerprint density at radius 2 is 1.87 bits per heavy atom. The molecule has 1 amide bonds. The zero-order valence-electron chi connectivity index (χ0n) is 14.3. The van der Waals surface area contributed by atoms with Crippen LogP contribution in [0.25, 0.3) is 0 Å². The maximum Gasteiger partial charge on any atom is 0.312 e. The van der Waals surface area contributed by atoms with Crippen LogP contribution in [-0.4, -0.2) is 35.7 Å². The molecule has 2 unspecified atom stereocenters. The lowest BCUT2D eigenvalue weighted by atomic mass is 9.48. The topological polar surface area (TPSA) is 75.6 Å². The Hall–Kier alpha value is -1.10. The van der Waals surface area contributed by atoms with Crippen LogP contribution >= 0.6 is 0 Å². The largest absolute Gasteiger partial charge is 0.455 e. The molecule has 5 heteroatoms. The molecule has 0 aliphatic heterocycles. The first kappa shape index (κ1) is 16.7. The third-order valence-corrected chi connectivity index (χ3v) is 5.84. The molecule has 4 bridgehead atoms. The first-order valence-corrected chi connectivity index (χ1v) is 8.97. The molecule has 23 heavy (non-hydrogen) atoms. The second-order valence-corrected chi connectivity index (χ2v) is 8.57. The monoisotopic (exact) mass is 323 g/mol. The molecule has 4 fully saturated rings. The number of hydrogen-bond acceptors (Lipinski definition) is 4. The summed E-state index contributed by atoms with van der Waals surface area (Å²) in [7, 11) is 0. The molecule has 130 valence electrons. The fourth-order valence-electron chi connectivity index (χ4n) is 5.29. The molecule has 0 heterocycles. The van der Waals surface area contributed by atoms with Crippen LogP contribution in [0.4, 0.5) is 0 Å². The molecule has 5 nitrogen and oxygen atoms in total. The van der Waals surface area contributed by atoms with Crippen molar-refractivity contribution in [2.24, 2.45) is 23.2 Å². The van der Waals surface area contributed by atoms with Crippen LogP contribution in [0.5, 0.6) is 0 Å². The van der Waals surface area contributed by atoms with Crippen LogP contribution in [-0.2, 0) is 14.3 Å². The Bertz CT molecular complexity index is 473. The van der Waals surface area contributed by atoms with E-state index >= 15 is 0 Å². The maximum atomic E-state index is 12.6. The SMILES string of the molecule is CC(C)CCNC(=O)COC(=O)C12C[C@@H]3C[C@@H](CC(O)(C3)C1)C2. The van der Waals surface area contributed by atoms with E-state index in [1.54, 1.807) is 0 Å². The summed E-state index contributed by atoms with van der Waals surface area (Å²) in [5, 5.41) is 13.5. The van der Waals surface area contributed by atoms with Crippen molar-refractivity contribution in [3.05, 3.63) is 0 Å². The summed E-state index contributed by atoms with van der Waals surface area (Å²) in [4.78, 5) is 24.4.